The first-order chi connectivity index (χ1) is 10.2. The third kappa shape index (κ3) is 3.81. The number of carbonyl (C=O) groups is 1. The van der Waals surface area contributed by atoms with E-state index in [2.05, 4.69) is 24.1 Å². The van der Waals surface area contributed by atoms with Crippen molar-refractivity contribution < 1.29 is 9.90 Å². The molecule has 0 radical (unpaired) electrons. The van der Waals surface area contributed by atoms with Crippen molar-refractivity contribution in [2.75, 3.05) is 26.2 Å². The van der Waals surface area contributed by atoms with Crippen molar-refractivity contribution in [3.8, 4) is 0 Å². The molecule has 0 spiro atoms. The summed E-state index contributed by atoms with van der Waals surface area (Å²) in [5.74, 6) is -0.821. The Labute approximate surface area is 129 Å². The molecule has 2 aromatic rings. The molecule has 0 aliphatic carbocycles. The molecule has 114 valence electrons. The smallest absolute Gasteiger partial charge is 0.325 e. The van der Waals surface area contributed by atoms with Crippen LogP contribution in [0, 0.1) is 0 Å². The number of hydrogen-bond donors (Lipinski definition) is 2. The van der Waals surface area contributed by atoms with Gasteiger partial charge < -0.3 is 10.0 Å². The number of nitrogens with one attached hydrogen (secondary N) is 1. The lowest BCUT2D eigenvalue weighted by Gasteiger charge is -2.20. The van der Waals surface area contributed by atoms with Gasteiger partial charge in [0, 0.05) is 17.8 Å². The lowest BCUT2D eigenvalue weighted by atomic mass is 10.1. The molecule has 0 fully saturated rings. The van der Waals surface area contributed by atoms with Crippen molar-refractivity contribution in [1.29, 1.82) is 0 Å². The van der Waals surface area contributed by atoms with Crippen LogP contribution in [0.3, 0.4) is 0 Å². The van der Waals surface area contributed by atoms with Gasteiger partial charge in [-0.25, -0.2) is 0 Å². The van der Waals surface area contributed by atoms with Crippen molar-refractivity contribution in [2.45, 2.75) is 19.9 Å². The number of thiophene rings is 1. The minimum Gasteiger partial charge on any atom is -0.480 e. The number of rotatable bonds is 8. The SMILES string of the molecule is CCN(CC)CCNC(C(=O)O)c1csc2ccccc12. The summed E-state index contributed by atoms with van der Waals surface area (Å²) in [4.78, 5) is 13.9. The average Bonchev–Trinajstić information content (AvgIpc) is 2.91. The monoisotopic (exact) mass is 306 g/mol. The normalized spacial score (nSPS) is 12.9. The number of aliphatic carboxylic acids is 1. The Morgan fingerprint density at radius 2 is 2.05 bits per heavy atom. The molecular formula is C16H22N2O2S. The summed E-state index contributed by atoms with van der Waals surface area (Å²) in [5, 5.41) is 15.7. The lowest BCUT2D eigenvalue weighted by Crippen LogP contribution is -2.36. The standard InChI is InChI=1S/C16H22N2O2S/c1-3-18(4-2)10-9-17-15(16(19)20)13-11-21-14-8-6-5-7-12(13)14/h5-8,11,15,17H,3-4,9-10H2,1-2H3,(H,19,20). The molecule has 4 nitrogen and oxygen atoms in total. The highest BCUT2D eigenvalue weighted by molar-refractivity contribution is 7.17. The summed E-state index contributed by atoms with van der Waals surface area (Å²) in [6.45, 7) is 7.73. The number of carboxylic acid groups (broad SMARTS) is 1. The molecule has 1 aromatic carbocycles. The Hall–Kier alpha value is -1.43. The van der Waals surface area contributed by atoms with Crippen LogP contribution in [0.5, 0.6) is 0 Å². The molecule has 0 saturated carbocycles. The molecule has 1 unspecified atom stereocenters. The summed E-state index contributed by atoms with van der Waals surface area (Å²) in [6, 6.07) is 7.30. The molecule has 5 heteroatoms. The first-order valence-electron chi connectivity index (χ1n) is 7.32. The highest BCUT2D eigenvalue weighted by Gasteiger charge is 2.22. The Kier molecular flexibility index (Phi) is 5.73. The second-order valence-corrected chi connectivity index (χ2v) is 5.85. The van der Waals surface area contributed by atoms with Crippen LogP contribution in [0.15, 0.2) is 29.6 Å². The van der Waals surface area contributed by atoms with Gasteiger partial charge in [-0.3, -0.25) is 10.1 Å². The number of benzene rings is 1. The van der Waals surface area contributed by atoms with Crippen LogP contribution in [0.2, 0.25) is 0 Å². The minimum absolute atomic E-state index is 0.642. The van der Waals surface area contributed by atoms with Crippen LogP contribution >= 0.6 is 11.3 Å². The summed E-state index contributed by atoms with van der Waals surface area (Å²) < 4.78 is 1.13. The predicted octanol–water partition coefficient (Wildman–Crippen LogP) is 2.96. The van der Waals surface area contributed by atoms with Crippen LogP contribution in [0.1, 0.15) is 25.5 Å². The molecule has 0 aliphatic heterocycles. The van der Waals surface area contributed by atoms with E-state index in [1.54, 1.807) is 11.3 Å². The zero-order chi connectivity index (χ0) is 15.2. The van der Waals surface area contributed by atoms with Crippen molar-refractivity contribution in [1.82, 2.24) is 10.2 Å². The molecule has 0 amide bonds. The van der Waals surface area contributed by atoms with Crippen LogP contribution in [-0.2, 0) is 4.79 Å². The number of nitrogens with zero attached hydrogens (tertiary/aromatic N) is 1. The van der Waals surface area contributed by atoms with Gasteiger partial charge in [-0.15, -0.1) is 11.3 Å². The predicted molar refractivity (Wildman–Crippen MR) is 88.0 cm³/mol. The molecule has 2 N–H and O–H groups in total. The molecular weight excluding hydrogens is 284 g/mol. The molecule has 1 heterocycles. The van der Waals surface area contributed by atoms with Gasteiger partial charge in [-0.05, 0) is 35.5 Å². The summed E-state index contributed by atoms with van der Waals surface area (Å²) in [6.07, 6.45) is 0. The third-order valence-electron chi connectivity index (χ3n) is 3.74. The molecule has 0 aliphatic rings. The van der Waals surface area contributed by atoms with E-state index in [0.29, 0.717) is 6.54 Å². The van der Waals surface area contributed by atoms with E-state index in [0.717, 1.165) is 35.3 Å². The van der Waals surface area contributed by atoms with E-state index in [-0.39, 0.29) is 0 Å². The van der Waals surface area contributed by atoms with E-state index in [1.165, 1.54) is 0 Å². The van der Waals surface area contributed by atoms with E-state index < -0.39 is 12.0 Å². The Bertz CT molecular complexity index is 593. The molecule has 2 rings (SSSR count). The third-order valence-corrected chi connectivity index (χ3v) is 4.72. The number of carboxylic acids is 1. The first kappa shape index (κ1) is 15.9. The van der Waals surface area contributed by atoms with E-state index in [1.807, 2.05) is 29.6 Å². The quantitative estimate of drug-likeness (QED) is 0.787. The van der Waals surface area contributed by atoms with Gasteiger partial charge in [0.25, 0.3) is 0 Å². The Balaban J connectivity index is 2.10. The van der Waals surface area contributed by atoms with Gasteiger partial charge in [-0.1, -0.05) is 32.0 Å². The van der Waals surface area contributed by atoms with Gasteiger partial charge >= 0.3 is 5.97 Å². The summed E-state index contributed by atoms with van der Waals surface area (Å²) >= 11 is 1.59. The van der Waals surface area contributed by atoms with E-state index in [9.17, 15) is 9.90 Å². The van der Waals surface area contributed by atoms with Crippen LogP contribution < -0.4 is 5.32 Å². The highest BCUT2D eigenvalue weighted by atomic mass is 32.1. The Morgan fingerprint density at radius 3 is 2.71 bits per heavy atom. The fraction of sp³-hybridized carbons (Fsp3) is 0.438. The summed E-state index contributed by atoms with van der Waals surface area (Å²) in [5.41, 5.74) is 0.864. The maximum atomic E-state index is 11.6. The molecule has 0 saturated heterocycles. The van der Waals surface area contributed by atoms with Gasteiger partial charge in [0.1, 0.15) is 6.04 Å². The largest absolute Gasteiger partial charge is 0.480 e. The maximum Gasteiger partial charge on any atom is 0.325 e. The Morgan fingerprint density at radius 1 is 1.33 bits per heavy atom. The van der Waals surface area contributed by atoms with Crippen molar-refractivity contribution >= 4 is 27.4 Å². The van der Waals surface area contributed by atoms with Crippen molar-refractivity contribution in [2.24, 2.45) is 0 Å². The second-order valence-electron chi connectivity index (χ2n) is 4.94. The van der Waals surface area contributed by atoms with Crippen molar-refractivity contribution in [3.63, 3.8) is 0 Å². The van der Waals surface area contributed by atoms with Gasteiger partial charge in [0.05, 0.1) is 0 Å². The van der Waals surface area contributed by atoms with Crippen molar-refractivity contribution in [3.05, 3.63) is 35.2 Å². The fourth-order valence-electron chi connectivity index (χ4n) is 2.46. The number of fused-ring (bicyclic) bond motifs is 1. The van der Waals surface area contributed by atoms with Crippen LogP contribution in [0.25, 0.3) is 10.1 Å². The second kappa shape index (κ2) is 7.54. The minimum atomic E-state index is -0.821. The molecule has 1 atom stereocenters. The topological polar surface area (TPSA) is 52.6 Å². The molecule has 0 bridgehead atoms. The number of hydrogen-bond acceptors (Lipinski definition) is 4. The van der Waals surface area contributed by atoms with Gasteiger partial charge in [0.15, 0.2) is 0 Å². The average molecular weight is 306 g/mol. The van der Waals surface area contributed by atoms with E-state index in [4.69, 9.17) is 0 Å². The van der Waals surface area contributed by atoms with E-state index >= 15 is 0 Å². The zero-order valence-electron chi connectivity index (χ0n) is 12.5. The fourth-order valence-corrected chi connectivity index (χ4v) is 3.45. The number of likely N-dealkylation sites (N-methyl/N-ethyl adjacent to an activating group) is 1. The lowest BCUT2D eigenvalue weighted by molar-refractivity contribution is -0.139. The van der Waals surface area contributed by atoms with Gasteiger partial charge in [-0.2, -0.15) is 0 Å². The first-order valence-corrected chi connectivity index (χ1v) is 8.20. The summed E-state index contributed by atoms with van der Waals surface area (Å²) in [7, 11) is 0. The highest BCUT2D eigenvalue weighted by Crippen LogP contribution is 2.30. The molecule has 1 aromatic heterocycles. The van der Waals surface area contributed by atoms with Gasteiger partial charge in [0.2, 0.25) is 0 Å². The maximum absolute atomic E-state index is 11.6. The van der Waals surface area contributed by atoms with Crippen LogP contribution in [0.4, 0.5) is 0 Å². The zero-order valence-corrected chi connectivity index (χ0v) is 13.3. The van der Waals surface area contributed by atoms with Crippen LogP contribution in [-0.4, -0.2) is 42.2 Å². The molecule has 21 heavy (non-hydrogen) atoms.